The number of nitrogens with zero attached hydrogens (tertiary/aromatic N) is 1. The first-order valence-electron chi connectivity index (χ1n) is 9.73. The summed E-state index contributed by atoms with van der Waals surface area (Å²) in [4.78, 5) is 47.7. The molecule has 9 nitrogen and oxygen atoms in total. The summed E-state index contributed by atoms with van der Waals surface area (Å²) in [6.45, 7) is 4.15. The van der Waals surface area contributed by atoms with E-state index in [9.17, 15) is 19.5 Å². The van der Waals surface area contributed by atoms with Gasteiger partial charge in [0.15, 0.2) is 0 Å². The van der Waals surface area contributed by atoms with Crippen LogP contribution in [0.15, 0.2) is 23.1 Å². The molecule has 3 aromatic rings. The average molecular weight is 432 g/mol. The van der Waals surface area contributed by atoms with Gasteiger partial charge in [0.1, 0.15) is 17.5 Å². The number of thiophene rings is 1. The third-order valence-electron chi connectivity index (χ3n) is 4.99. The summed E-state index contributed by atoms with van der Waals surface area (Å²) < 4.78 is 0. The van der Waals surface area contributed by atoms with Crippen molar-refractivity contribution in [3.8, 4) is 0 Å². The summed E-state index contributed by atoms with van der Waals surface area (Å²) in [5, 5.41) is 12.4. The SMILES string of the molecule is Cc1nc2[nH]cc(C(C)c3ccc(C(=O)N[C@@H](CCCCN)C(=O)O)s3)c2c(=O)[nH]1. The van der Waals surface area contributed by atoms with E-state index < -0.39 is 17.9 Å². The molecule has 160 valence electrons. The lowest BCUT2D eigenvalue weighted by Crippen LogP contribution is -2.40. The van der Waals surface area contributed by atoms with Gasteiger partial charge < -0.3 is 26.1 Å². The molecule has 2 atom stereocenters. The number of carbonyl (C=O) groups is 2. The molecule has 0 saturated heterocycles. The van der Waals surface area contributed by atoms with E-state index in [2.05, 4.69) is 20.3 Å². The highest BCUT2D eigenvalue weighted by molar-refractivity contribution is 7.14. The number of aromatic nitrogens is 3. The zero-order chi connectivity index (χ0) is 21.8. The molecule has 30 heavy (non-hydrogen) atoms. The summed E-state index contributed by atoms with van der Waals surface area (Å²) >= 11 is 1.28. The minimum Gasteiger partial charge on any atom is -0.480 e. The molecule has 0 spiro atoms. The van der Waals surface area contributed by atoms with Crippen LogP contribution in [-0.4, -0.2) is 44.5 Å². The molecule has 0 radical (unpaired) electrons. The van der Waals surface area contributed by atoms with E-state index in [4.69, 9.17) is 5.73 Å². The zero-order valence-corrected chi connectivity index (χ0v) is 17.6. The Morgan fingerprint density at radius 3 is 2.80 bits per heavy atom. The second kappa shape index (κ2) is 9.23. The first kappa shape index (κ1) is 21.7. The highest BCUT2D eigenvalue weighted by Crippen LogP contribution is 2.32. The lowest BCUT2D eigenvalue weighted by molar-refractivity contribution is -0.139. The van der Waals surface area contributed by atoms with Gasteiger partial charge in [-0.15, -0.1) is 11.3 Å². The molecule has 0 bridgehead atoms. The standard InChI is InChI=1S/C20H25N5O4S/c1-10(12-9-22-17-16(12)19(27)24-11(2)23-17)14-6-7-15(30-14)18(26)25-13(20(28)29)5-3-4-8-21/h6-7,9-10,13H,3-5,8,21H2,1-2H3,(H,25,26)(H,28,29)(H2,22,23,24,27)/t10?,13-/m0/s1. The molecule has 0 saturated carbocycles. The van der Waals surface area contributed by atoms with Crippen molar-refractivity contribution >= 4 is 34.2 Å². The number of aryl methyl sites for hydroxylation is 1. The van der Waals surface area contributed by atoms with Crippen LogP contribution in [0.4, 0.5) is 0 Å². The third kappa shape index (κ3) is 4.60. The summed E-state index contributed by atoms with van der Waals surface area (Å²) in [6, 6.07) is 2.54. The maximum Gasteiger partial charge on any atom is 0.326 e. The fraction of sp³-hybridized carbons (Fsp3) is 0.400. The van der Waals surface area contributed by atoms with Crippen molar-refractivity contribution in [3.63, 3.8) is 0 Å². The van der Waals surface area contributed by atoms with Gasteiger partial charge in [-0.2, -0.15) is 0 Å². The number of aromatic amines is 2. The molecule has 0 aromatic carbocycles. The third-order valence-corrected chi connectivity index (χ3v) is 6.25. The van der Waals surface area contributed by atoms with Crippen LogP contribution in [0.5, 0.6) is 0 Å². The van der Waals surface area contributed by atoms with Gasteiger partial charge in [-0.05, 0) is 50.4 Å². The number of fused-ring (bicyclic) bond motifs is 1. The summed E-state index contributed by atoms with van der Waals surface area (Å²) in [5.41, 5.74) is 6.55. The van der Waals surface area contributed by atoms with Crippen LogP contribution in [0.3, 0.4) is 0 Å². The second-order valence-corrected chi connectivity index (χ2v) is 8.31. The zero-order valence-electron chi connectivity index (χ0n) is 16.8. The van der Waals surface area contributed by atoms with Crippen molar-refractivity contribution in [2.75, 3.05) is 6.54 Å². The number of carboxylic acid groups (broad SMARTS) is 1. The first-order valence-corrected chi connectivity index (χ1v) is 10.5. The van der Waals surface area contributed by atoms with E-state index in [1.165, 1.54) is 11.3 Å². The van der Waals surface area contributed by atoms with Gasteiger partial charge in [0.05, 0.1) is 10.3 Å². The van der Waals surface area contributed by atoms with Crippen molar-refractivity contribution in [2.24, 2.45) is 5.73 Å². The number of rotatable bonds is 9. The topological polar surface area (TPSA) is 154 Å². The lowest BCUT2D eigenvalue weighted by atomic mass is 10.0. The van der Waals surface area contributed by atoms with E-state index in [1.54, 1.807) is 19.2 Å². The van der Waals surface area contributed by atoms with Crippen LogP contribution >= 0.6 is 11.3 Å². The Bertz CT molecular complexity index is 1120. The fourth-order valence-corrected chi connectivity index (χ4v) is 4.34. The second-order valence-electron chi connectivity index (χ2n) is 7.19. The van der Waals surface area contributed by atoms with Crippen LogP contribution in [0.2, 0.25) is 0 Å². The highest BCUT2D eigenvalue weighted by atomic mass is 32.1. The van der Waals surface area contributed by atoms with Gasteiger partial charge in [-0.25, -0.2) is 9.78 Å². The monoisotopic (exact) mass is 431 g/mol. The molecular formula is C20H25N5O4S. The quantitative estimate of drug-likeness (QED) is 0.327. The van der Waals surface area contributed by atoms with Gasteiger partial charge in [-0.3, -0.25) is 9.59 Å². The van der Waals surface area contributed by atoms with Crippen molar-refractivity contribution in [1.29, 1.82) is 0 Å². The maximum atomic E-state index is 12.6. The van der Waals surface area contributed by atoms with E-state index in [0.717, 1.165) is 10.4 Å². The van der Waals surface area contributed by atoms with E-state index in [0.29, 0.717) is 47.5 Å². The largest absolute Gasteiger partial charge is 0.480 e. The summed E-state index contributed by atoms with van der Waals surface area (Å²) in [5.74, 6) is -1.10. The van der Waals surface area contributed by atoms with Crippen LogP contribution in [0.1, 0.15) is 58.0 Å². The van der Waals surface area contributed by atoms with Gasteiger partial charge in [0.25, 0.3) is 11.5 Å². The number of carboxylic acids is 1. The number of H-pyrrole nitrogens is 2. The molecule has 3 heterocycles. The number of carbonyl (C=O) groups excluding carboxylic acids is 1. The minimum atomic E-state index is -1.06. The van der Waals surface area contributed by atoms with Crippen LogP contribution in [-0.2, 0) is 4.79 Å². The van der Waals surface area contributed by atoms with Crippen molar-refractivity contribution in [1.82, 2.24) is 20.3 Å². The number of unbranched alkanes of at least 4 members (excludes halogenated alkanes) is 1. The minimum absolute atomic E-state index is 0.143. The number of amides is 1. The van der Waals surface area contributed by atoms with Gasteiger partial charge in [0.2, 0.25) is 0 Å². The Labute approximate surface area is 176 Å². The lowest BCUT2D eigenvalue weighted by Gasteiger charge is -2.13. The molecule has 6 N–H and O–H groups in total. The molecule has 3 aromatic heterocycles. The Morgan fingerprint density at radius 2 is 2.10 bits per heavy atom. The van der Waals surface area contributed by atoms with Gasteiger partial charge in [-0.1, -0.05) is 6.92 Å². The van der Waals surface area contributed by atoms with Crippen LogP contribution < -0.4 is 16.6 Å². The molecular weight excluding hydrogens is 406 g/mol. The number of nitrogens with one attached hydrogen (secondary N) is 3. The van der Waals surface area contributed by atoms with Crippen LogP contribution in [0, 0.1) is 6.92 Å². The summed E-state index contributed by atoms with van der Waals surface area (Å²) in [7, 11) is 0. The van der Waals surface area contributed by atoms with Crippen molar-refractivity contribution < 1.29 is 14.7 Å². The molecule has 0 aliphatic rings. The molecule has 3 rings (SSSR count). The van der Waals surface area contributed by atoms with Gasteiger partial charge in [0, 0.05) is 17.0 Å². The number of aliphatic carboxylic acids is 1. The van der Waals surface area contributed by atoms with Crippen molar-refractivity contribution in [2.45, 2.75) is 45.1 Å². The normalized spacial score (nSPS) is 13.3. The number of nitrogens with two attached hydrogens (primary N) is 1. The Hall–Kier alpha value is -2.98. The number of hydrogen-bond acceptors (Lipinski definition) is 6. The highest BCUT2D eigenvalue weighted by Gasteiger charge is 2.23. The predicted molar refractivity (Wildman–Crippen MR) is 115 cm³/mol. The Morgan fingerprint density at radius 1 is 1.33 bits per heavy atom. The number of hydrogen-bond donors (Lipinski definition) is 5. The van der Waals surface area contributed by atoms with Gasteiger partial charge >= 0.3 is 5.97 Å². The first-order chi connectivity index (χ1) is 14.3. The summed E-state index contributed by atoms with van der Waals surface area (Å²) in [6.07, 6.45) is 3.42. The molecule has 1 amide bonds. The smallest absolute Gasteiger partial charge is 0.326 e. The Balaban J connectivity index is 1.78. The Kier molecular flexibility index (Phi) is 6.68. The van der Waals surface area contributed by atoms with E-state index in [-0.39, 0.29) is 11.5 Å². The average Bonchev–Trinajstić information content (AvgIpc) is 3.34. The molecule has 10 heteroatoms. The van der Waals surface area contributed by atoms with Crippen molar-refractivity contribution in [3.05, 3.63) is 49.8 Å². The fourth-order valence-electron chi connectivity index (χ4n) is 3.36. The van der Waals surface area contributed by atoms with E-state index in [1.807, 2.05) is 13.0 Å². The van der Waals surface area contributed by atoms with E-state index >= 15 is 0 Å². The molecule has 0 fully saturated rings. The maximum absolute atomic E-state index is 12.6. The molecule has 0 aliphatic heterocycles. The molecule has 1 unspecified atom stereocenters. The predicted octanol–water partition coefficient (Wildman–Crippen LogP) is 2.08. The molecule has 0 aliphatic carbocycles. The van der Waals surface area contributed by atoms with Crippen LogP contribution in [0.25, 0.3) is 11.0 Å².